The highest BCUT2D eigenvalue weighted by Gasteiger charge is 2.31. The summed E-state index contributed by atoms with van der Waals surface area (Å²) in [5.74, 6) is -1.22. The van der Waals surface area contributed by atoms with Gasteiger partial charge in [0.15, 0.2) is 6.10 Å². The van der Waals surface area contributed by atoms with Crippen LogP contribution in [0.1, 0.15) is 54.9 Å². The molecule has 2 aromatic rings. The van der Waals surface area contributed by atoms with Gasteiger partial charge in [0.25, 0.3) is 15.9 Å². The molecule has 0 aromatic heterocycles. The summed E-state index contributed by atoms with van der Waals surface area (Å²) in [5, 5.41) is 2.94. The number of hydrogen-bond donors (Lipinski definition) is 1. The van der Waals surface area contributed by atoms with Gasteiger partial charge in [0.05, 0.1) is 21.2 Å². The lowest BCUT2D eigenvalue weighted by molar-refractivity contribution is -0.129. The molecule has 1 aliphatic carbocycles. The summed E-state index contributed by atoms with van der Waals surface area (Å²) in [6.07, 6.45) is 4.45. The first-order chi connectivity index (χ1) is 15.8. The van der Waals surface area contributed by atoms with Gasteiger partial charge < -0.3 is 10.1 Å². The molecule has 1 heterocycles. The molecule has 1 aliphatic heterocycles. The number of sulfonamides is 1. The zero-order chi connectivity index (χ0) is 23.6. The number of aryl methyl sites for hydroxylation is 1. The van der Waals surface area contributed by atoms with E-state index < -0.39 is 22.1 Å². The predicted molar refractivity (Wildman–Crippen MR) is 126 cm³/mol. The molecule has 4 rings (SSSR count). The van der Waals surface area contributed by atoms with Crippen molar-refractivity contribution in [3.63, 3.8) is 0 Å². The summed E-state index contributed by atoms with van der Waals surface area (Å²) >= 11 is 6.20. The van der Waals surface area contributed by atoms with Gasteiger partial charge in [-0.25, -0.2) is 13.2 Å². The van der Waals surface area contributed by atoms with Crippen LogP contribution in [0.4, 0.5) is 5.69 Å². The maximum absolute atomic E-state index is 13.4. The SMILES string of the molecule is CC(OC(=O)c1cc(S(=O)(=O)N2CCCc3ccccc32)ccc1Cl)C(=O)NC1CCCC1. The molecule has 7 nitrogen and oxygen atoms in total. The van der Waals surface area contributed by atoms with Gasteiger partial charge in [-0.15, -0.1) is 0 Å². The van der Waals surface area contributed by atoms with Crippen LogP contribution < -0.4 is 9.62 Å². The van der Waals surface area contributed by atoms with Crippen LogP contribution in [-0.2, 0) is 26.0 Å². The van der Waals surface area contributed by atoms with Crippen molar-refractivity contribution in [1.82, 2.24) is 5.32 Å². The number of anilines is 1. The minimum atomic E-state index is -3.92. The molecule has 1 unspecified atom stereocenters. The van der Waals surface area contributed by atoms with E-state index in [2.05, 4.69) is 5.32 Å². The van der Waals surface area contributed by atoms with Crippen LogP contribution in [-0.4, -0.2) is 39.0 Å². The second-order valence-electron chi connectivity index (χ2n) is 8.49. The number of halogens is 1. The Morgan fingerprint density at radius 2 is 1.85 bits per heavy atom. The van der Waals surface area contributed by atoms with Crippen molar-refractivity contribution >= 4 is 39.2 Å². The molecule has 0 radical (unpaired) electrons. The molecular formula is C24H27ClN2O5S. The van der Waals surface area contributed by atoms with Gasteiger partial charge in [-0.05, 0) is 62.4 Å². The average Bonchev–Trinajstić information content (AvgIpc) is 3.31. The Bertz CT molecular complexity index is 1160. The van der Waals surface area contributed by atoms with E-state index in [1.165, 1.54) is 29.4 Å². The normalized spacial score (nSPS) is 17.3. The topological polar surface area (TPSA) is 92.8 Å². The number of para-hydroxylation sites is 1. The summed E-state index contributed by atoms with van der Waals surface area (Å²) in [6, 6.07) is 11.4. The maximum atomic E-state index is 13.4. The van der Waals surface area contributed by atoms with Crippen LogP contribution in [0.15, 0.2) is 47.4 Å². The first-order valence-electron chi connectivity index (χ1n) is 11.2. The van der Waals surface area contributed by atoms with Crippen LogP contribution in [0.2, 0.25) is 5.02 Å². The number of ether oxygens (including phenoxy) is 1. The van der Waals surface area contributed by atoms with E-state index in [0.29, 0.717) is 18.7 Å². The third-order valence-electron chi connectivity index (χ3n) is 6.17. The van der Waals surface area contributed by atoms with Crippen molar-refractivity contribution in [3.8, 4) is 0 Å². The van der Waals surface area contributed by atoms with Crippen molar-refractivity contribution in [3.05, 3.63) is 58.6 Å². The highest BCUT2D eigenvalue weighted by atomic mass is 35.5. The Morgan fingerprint density at radius 3 is 2.61 bits per heavy atom. The van der Waals surface area contributed by atoms with Crippen molar-refractivity contribution < 1.29 is 22.7 Å². The molecule has 2 aliphatic rings. The Labute approximate surface area is 199 Å². The number of nitrogens with one attached hydrogen (secondary N) is 1. The summed E-state index contributed by atoms with van der Waals surface area (Å²) in [4.78, 5) is 25.1. The number of carbonyl (C=O) groups excluding carboxylic acids is 2. The van der Waals surface area contributed by atoms with E-state index in [-0.39, 0.29) is 27.4 Å². The number of nitrogens with zero attached hydrogens (tertiary/aromatic N) is 1. The number of benzene rings is 2. The standard InChI is InChI=1S/C24H27ClN2O5S/c1-16(23(28)26-18-9-3-4-10-18)32-24(29)20-15-19(12-13-21(20)25)33(30,31)27-14-6-8-17-7-2-5-11-22(17)27/h2,5,7,11-13,15-16,18H,3-4,6,8-10,14H2,1H3,(H,26,28). The van der Waals surface area contributed by atoms with Crippen molar-refractivity contribution in [2.75, 3.05) is 10.8 Å². The molecule has 1 atom stereocenters. The number of hydrogen-bond acceptors (Lipinski definition) is 5. The second kappa shape index (κ2) is 9.73. The molecule has 2 aromatic carbocycles. The molecule has 1 N–H and O–H groups in total. The molecule has 1 saturated carbocycles. The van der Waals surface area contributed by atoms with Crippen molar-refractivity contribution in [2.45, 2.75) is 62.5 Å². The Hall–Kier alpha value is -2.58. The largest absolute Gasteiger partial charge is 0.449 e. The summed E-state index contributed by atoms with van der Waals surface area (Å²) in [7, 11) is -3.92. The van der Waals surface area contributed by atoms with E-state index >= 15 is 0 Å². The molecule has 0 saturated heterocycles. The van der Waals surface area contributed by atoms with Crippen molar-refractivity contribution in [2.24, 2.45) is 0 Å². The smallest absolute Gasteiger partial charge is 0.340 e. The molecule has 0 bridgehead atoms. The first kappa shape index (κ1) is 23.6. The van der Waals surface area contributed by atoms with Crippen LogP contribution in [0, 0.1) is 0 Å². The maximum Gasteiger partial charge on any atom is 0.340 e. The average molecular weight is 491 g/mol. The van der Waals surface area contributed by atoms with Gasteiger partial charge in [0.2, 0.25) is 0 Å². The molecule has 176 valence electrons. The Balaban J connectivity index is 1.54. The Kier molecular flexibility index (Phi) is 6.95. The second-order valence-corrected chi connectivity index (χ2v) is 10.8. The number of carbonyl (C=O) groups is 2. The monoisotopic (exact) mass is 490 g/mol. The van der Waals surface area contributed by atoms with Crippen LogP contribution in [0.5, 0.6) is 0 Å². The van der Waals surface area contributed by atoms with E-state index in [1.54, 1.807) is 12.1 Å². The number of esters is 1. The quantitative estimate of drug-likeness (QED) is 0.616. The van der Waals surface area contributed by atoms with Gasteiger partial charge in [0.1, 0.15) is 0 Å². The zero-order valence-corrected chi connectivity index (χ0v) is 20.0. The fourth-order valence-corrected chi connectivity index (χ4v) is 6.13. The molecule has 1 fully saturated rings. The predicted octanol–water partition coefficient (Wildman–Crippen LogP) is 4.09. The van der Waals surface area contributed by atoms with E-state index in [1.807, 2.05) is 12.1 Å². The molecule has 1 amide bonds. The third kappa shape index (κ3) is 5.01. The fraction of sp³-hybridized carbons (Fsp3) is 0.417. The van der Waals surface area contributed by atoms with Gasteiger partial charge in [-0.1, -0.05) is 42.6 Å². The van der Waals surface area contributed by atoms with Gasteiger partial charge >= 0.3 is 5.97 Å². The summed E-state index contributed by atoms with van der Waals surface area (Å²) in [5.41, 5.74) is 1.51. The first-order valence-corrected chi connectivity index (χ1v) is 13.0. The van der Waals surface area contributed by atoms with Gasteiger partial charge in [0, 0.05) is 12.6 Å². The number of amides is 1. The summed E-state index contributed by atoms with van der Waals surface area (Å²) in [6.45, 7) is 1.83. The number of fused-ring (bicyclic) bond motifs is 1. The van der Waals surface area contributed by atoms with Crippen molar-refractivity contribution in [1.29, 1.82) is 0 Å². The highest BCUT2D eigenvalue weighted by Crippen LogP contribution is 2.33. The number of rotatable bonds is 6. The minimum Gasteiger partial charge on any atom is -0.449 e. The van der Waals surface area contributed by atoms with E-state index in [0.717, 1.165) is 37.7 Å². The lowest BCUT2D eigenvalue weighted by Gasteiger charge is -2.30. The van der Waals surface area contributed by atoms with E-state index in [4.69, 9.17) is 16.3 Å². The van der Waals surface area contributed by atoms with Crippen LogP contribution >= 0.6 is 11.6 Å². The third-order valence-corrected chi connectivity index (χ3v) is 8.31. The molecule has 33 heavy (non-hydrogen) atoms. The van der Waals surface area contributed by atoms with E-state index in [9.17, 15) is 18.0 Å². The fourth-order valence-electron chi connectivity index (χ4n) is 4.36. The molecule has 9 heteroatoms. The van der Waals surface area contributed by atoms with Crippen LogP contribution in [0.25, 0.3) is 0 Å². The lowest BCUT2D eigenvalue weighted by Crippen LogP contribution is -2.40. The lowest BCUT2D eigenvalue weighted by atomic mass is 10.0. The summed E-state index contributed by atoms with van der Waals surface area (Å²) < 4.78 is 33.5. The van der Waals surface area contributed by atoms with Gasteiger partial charge in [-0.2, -0.15) is 0 Å². The Morgan fingerprint density at radius 1 is 1.12 bits per heavy atom. The molecule has 0 spiro atoms. The zero-order valence-electron chi connectivity index (χ0n) is 18.4. The minimum absolute atomic E-state index is 0.0568. The van der Waals surface area contributed by atoms with Gasteiger partial charge in [-0.3, -0.25) is 9.10 Å². The highest BCUT2D eigenvalue weighted by molar-refractivity contribution is 7.92. The molecular weight excluding hydrogens is 464 g/mol. The van der Waals surface area contributed by atoms with Crippen LogP contribution in [0.3, 0.4) is 0 Å².